The zero-order valence-electron chi connectivity index (χ0n) is 9.10. The molecule has 0 spiro atoms. The van der Waals surface area contributed by atoms with Gasteiger partial charge >= 0.3 is 5.97 Å². The highest BCUT2D eigenvalue weighted by Crippen LogP contribution is 2.08. The van der Waals surface area contributed by atoms with E-state index in [4.69, 9.17) is 15.9 Å². The summed E-state index contributed by atoms with van der Waals surface area (Å²) in [4.78, 5) is 15.2. The minimum Gasteiger partial charge on any atom is -0.477 e. The first-order chi connectivity index (χ1) is 7.77. The number of rotatable bonds is 5. The van der Waals surface area contributed by atoms with Crippen LogP contribution in [0, 0.1) is 12.3 Å². The smallest absolute Gasteiger partial charge is 0.339 e. The van der Waals surface area contributed by atoms with Crippen LogP contribution in [0.1, 0.15) is 23.7 Å². The van der Waals surface area contributed by atoms with Crippen molar-refractivity contribution in [3.8, 4) is 18.2 Å². The zero-order chi connectivity index (χ0) is 11.8. The lowest BCUT2D eigenvalue weighted by Crippen LogP contribution is -2.05. The lowest BCUT2D eigenvalue weighted by atomic mass is 10.3. The van der Waals surface area contributed by atoms with Gasteiger partial charge in [-0.3, -0.25) is 0 Å². The predicted molar refractivity (Wildman–Crippen MR) is 59.1 cm³/mol. The molecule has 0 N–H and O–H groups in total. The second-order valence-electron chi connectivity index (χ2n) is 2.91. The van der Waals surface area contributed by atoms with Crippen LogP contribution >= 0.6 is 0 Å². The van der Waals surface area contributed by atoms with E-state index in [1.165, 1.54) is 6.20 Å². The number of hydrogen-bond donors (Lipinski definition) is 0. The van der Waals surface area contributed by atoms with Crippen LogP contribution in [0.25, 0.3) is 0 Å². The van der Waals surface area contributed by atoms with Gasteiger partial charge in [-0.1, -0.05) is 0 Å². The Balaban J connectivity index is 2.54. The van der Waals surface area contributed by atoms with Crippen LogP contribution in [0.5, 0.6) is 5.88 Å². The summed E-state index contributed by atoms with van der Waals surface area (Å²) in [7, 11) is 0. The Morgan fingerprint density at radius 3 is 2.94 bits per heavy atom. The maximum Gasteiger partial charge on any atom is 0.339 e. The van der Waals surface area contributed by atoms with E-state index >= 15 is 0 Å². The van der Waals surface area contributed by atoms with Crippen molar-refractivity contribution in [3.63, 3.8) is 0 Å². The van der Waals surface area contributed by atoms with E-state index in [9.17, 15) is 4.79 Å². The number of carbonyl (C=O) groups is 1. The maximum atomic E-state index is 11.3. The number of pyridine rings is 1. The number of esters is 1. The van der Waals surface area contributed by atoms with E-state index in [0.717, 1.165) is 0 Å². The molecular weight excluding hydrogens is 206 g/mol. The van der Waals surface area contributed by atoms with Crippen molar-refractivity contribution in [2.24, 2.45) is 0 Å². The third-order valence-corrected chi connectivity index (χ3v) is 1.74. The molecule has 0 bridgehead atoms. The van der Waals surface area contributed by atoms with Gasteiger partial charge in [0.15, 0.2) is 0 Å². The van der Waals surface area contributed by atoms with Gasteiger partial charge in [-0.05, 0) is 13.0 Å². The zero-order valence-corrected chi connectivity index (χ0v) is 9.10. The molecule has 0 saturated heterocycles. The second kappa shape index (κ2) is 6.46. The third kappa shape index (κ3) is 3.62. The summed E-state index contributed by atoms with van der Waals surface area (Å²) in [6.07, 6.45) is 7.03. The average molecular weight is 219 g/mol. The molecule has 0 amide bonds. The van der Waals surface area contributed by atoms with Crippen LogP contribution < -0.4 is 4.74 Å². The van der Waals surface area contributed by atoms with Crippen molar-refractivity contribution in [2.75, 3.05) is 13.2 Å². The number of carbonyl (C=O) groups excluding carboxylic acids is 1. The molecule has 0 atom stereocenters. The highest BCUT2D eigenvalue weighted by molar-refractivity contribution is 5.89. The summed E-state index contributed by atoms with van der Waals surface area (Å²) in [5.41, 5.74) is 0.408. The van der Waals surface area contributed by atoms with Crippen LogP contribution in [-0.2, 0) is 4.74 Å². The molecule has 0 fully saturated rings. The van der Waals surface area contributed by atoms with Crippen LogP contribution in [0.3, 0.4) is 0 Å². The quantitative estimate of drug-likeness (QED) is 0.429. The Hall–Kier alpha value is -2.02. The molecule has 4 heteroatoms. The van der Waals surface area contributed by atoms with Gasteiger partial charge in [0, 0.05) is 18.7 Å². The van der Waals surface area contributed by atoms with Crippen molar-refractivity contribution in [1.82, 2.24) is 4.98 Å². The normalized spacial score (nSPS) is 9.25. The van der Waals surface area contributed by atoms with E-state index in [1.807, 2.05) is 0 Å². The molecule has 1 aromatic heterocycles. The molecule has 0 aliphatic rings. The number of hydrogen-bond acceptors (Lipinski definition) is 4. The lowest BCUT2D eigenvalue weighted by molar-refractivity contribution is 0.0526. The van der Waals surface area contributed by atoms with Crippen LogP contribution in [-0.4, -0.2) is 24.2 Å². The minimum atomic E-state index is -0.384. The monoisotopic (exact) mass is 219 g/mol. The second-order valence-corrected chi connectivity index (χ2v) is 2.91. The van der Waals surface area contributed by atoms with Crippen molar-refractivity contribution < 1.29 is 14.3 Å². The fourth-order valence-electron chi connectivity index (χ4n) is 1.02. The predicted octanol–water partition coefficient (Wildman–Crippen LogP) is 1.66. The van der Waals surface area contributed by atoms with E-state index in [1.54, 1.807) is 19.1 Å². The Morgan fingerprint density at radius 1 is 1.56 bits per heavy atom. The fourth-order valence-corrected chi connectivity index (χ4v) is 1.02. The molecule has 0 aromatic carbocycles. The molecule has 84 valence electrons. The van der Waals surface area contributed by atoms with E-state index in [2.05, 4.69) is 10.9 Å². The first-order valence-electron chi connectivity index (χ1n) is 4.97. The summed E-state index contributed by atoms with van der Waals surface area (Å²) >= 11 is 0. The Morgan fingerprint density at radius 2 is 2.38 bits per heavy atom. The summed E-state index contributed by atoms with van der Waals surface area (Å²) in [6.45, 7) is 2.52. The summed E-state index contributed by atoms with van der Waals surface area (Å²) in [6, 6.07) is 3.22. The minimum absolute atomic E-state index is 0.346. The lowest BCUT2D eigenvalue weighted by Gasteiger charge is -2.04. The largest absolute Gasteiger partial charge is 0.477 e. The first-order valence-corrected chi connectivity index (χ1v) is 4.97. The summed E-state index contributed by atoms with van der Waals surface area (Å²) in [5, 5.41) is 0. The first kappa shape index (κ1) is 12.1. The van der Waals surface area contributed by atoms with Gasteiger partial charge in [-0.2, -0.15) is 0 Å². The van der Waals surface area contributed by atoms with Gasteiger partial charge < -0.3 is 9.47 Å². The molecule has 0 unspecified atom stereocenters. The standard InChI is InChI=1S/C12H13NO3/c1-3-5-8-16-11-7-6-10(9-13-11)12(14)15-4-2/h1,6-7,9H,4-5,8H2,2H3. The van der Waals surface area contributed by atoms with Gasteiger partial charge in [-0.25, -0.2) is 9.78 Å². The molecule has 1 aromatic rings. The average Bonchev–Trinajstić information content (AvgIpc) is 2.30. The highest BCUT2D eigenvalue weighted by Gasteiger charge is 2.06. The third-order valence-electron chi connectivity index (χ3n) is 1.74. The number of aromatic nitrogens is 1. The topological polar surface area (TPSA) is 48.4 Å². The van der Waals surface area contributed by atoms with Gasteiger partial charge in [0.25, 0.3) is 0 Å². The molecule has 1 rings (SSSR count). The maximum absolute atomic E-state index is 11.3. The van der Waals surface area contributed by atoms with Gasteiger partial charge in [0.1, 0.15) is 6.61 Å². The van der Waals surface area contributed by atoms with Crippen molar-refractivity contribution >= 4 is 5.97 Å². The summed E-state index contributed by atoms with van der Waals surface area (Å²) < 4.78 is 10.1. The van der Waals surface area contributed by atoms with Gasteiger partial charge in [-0.15, -0.1) is 12.3 Å². The van der Waals surface area contributed by atoms with E-state index in [0.29, 0.717) is 31.1 Å². The van der Waals surface area contributed by atoms with Crippen molar-refractivity contribution in [1.29, 1.82) is 0 Å². The molecule has 1 heterocycles. The number of nitrogens with zero attached hydrogens (tertiary/aromatic N) is 1. The molecule has 0 aliphatic carbocycles. The molecule has 0 saturated carbocycles. The fraction of sp³-hybridized carbons (Fsp3) is 0.333. The molecule has 16 heavy (non-hydrogen) atoms. The highest BCUT2D eigenvalue weighted by atomic mass is 16.5. The number of ether oxygens (including phenoxy) is 2. The Kier molecular flexibility index (Phi) is 4.87. The van der Waals surface area contributed by atoms with Crippen molar-refractivity contribution in [3.05, 3.63) is 23.9 Å². The van der Waals surface area contributed by atoms with Crippen LogP contribution in [0.15, 0.2) is 18.3 Å². The van der Waals surface area contributed by atoms with Crippen molar-refractivity contribution in [2.45, 2.75) is 13.3 Å². The van der Waals surface area contributed by atoms with Crippen LogP contribution in [0.2, 0.25) is 0 Å². The van der Waals surface area contributed by atoms with Crippen LogP contribution in [0.4, 0.5) is 0 Å². The summed E-state index contributed by atoms with van der Waals surface area (Å²) in [5.74, 6) is 2.52. The SMILES string of the molecule is C#CCCOc1ccc(C(=O)OCC)cn1. The number of terminal acetylenes is 1. The molecular formula is C12H13NO3. The Labute approximate surface area is 94.6 Å². The molecule has 4 nitrogen and oxygen atoms in total. The van der Waals surface area contributed by atoms with Gasteiger partial charge in [0.2, 0.25) is 5.88 Å². The van der Waals surface area contributed by atoms with E-state index in [-0.39, 0.29) is 5.97 Å². The molecule has 0 aliphatic heterocycles. The Bertz CT molecular complexity index is 378. The molecule has 0 radical (unpaired) electrons. The van der Waals surface area contributed by atoms with Gasteiger partial charge in [0.05, 0.1) is 12.2 Å². The van der Waals surface area contributed by atoms with E-state index < -0.39 is 0 Å².